The molecule has 0 aliphatic rings. The molecule has 0 aromatic heterocycles. The molecule has 0 aromatic carbocycles. The van der Waals surface area contributed by atoms with Gasteiger partial charge in [-0.15, -0.1) is 0 Å². The highest BCUT2D eigenvalue weighted by molar-refractivity contribution is 5.00. The molecular weight excluding hydrogens is 196 g/mol. The van der Waals surface area contributed by atoms with Gasteiger partial charge in [-0.25, -0.2) is 0 Å². The summed E-state index contributed by atoms with van der Waals surface area (Å²) in [5.74, 6) is 0. The zero-order valence-electron chi connectivity index (χ0n) is 9.49. The van der Waals surface area contributed by atoms with Crippen molar-refractivity contribution in [1.82, 2.24) is 0 Å². The lowest BCUT2D eigenvalue weighted by atomic mass is 10.0. The smallest absolute Gasteiger partial charge is 0.103 e. The highest BCUT2D eigenvalue weighted by Crippen LogP contribution is 2.02. The Labute approximate surface area is 91.1 Å². The van der Waals surface area contributed by atoms with E-state index < -0.39 is 5.54 Å². The van der Waals surface area contributed by atoms with Crippen LogP contribution >= 0.6 is 0 Å². The quantitative estimate of drug-likeness (QED) is 0.561. The molecule has 0 saturated heterocycles. The van der Waals surface area contributed by atoms with Gasteiger partial charge in [0.2, 0.25) is 0 Å². The topological polar surface area (TPSA) is 77.5 Å². The Hall–Kier alpha value is -0.670. The minimum atomic E-state index is -0.795. The molecule has 0 aromatic rings. The van der Waals surface area contributed by atoms with Crippen molar-refractivity contribution in [3.63, 3.8) is 0 Å². The molecule has 5 heteroatoms. The lowest BCUT2D eigenvalue weighted by molar-refractivity contribution is 0.0225. The molecule has 2 N–H and O–H groups in total. The van der Waals surface area contributed by atoms with Gasteiger partial charge in [0.15, 0.2) is 0 Å². The van der Waals surface area contributed by atoms with E-state index in [1.54, 1.807) is 14.0 Å². The molecule has 0 saturated carbocycles. The van der Waals surface area contributed by atoms with Crippen molar-refractivity contribution in [3.05, 3.63) is 0 Å². The van der Waals surface area contributed by atoms with Gasteiger partial charge in [-0.05, 0) is 6.92 Å². The van der Waals surface area contributed by atoms with E-state index >= 15 is 0 Å². The van der Waals surface area contributed by atoms with Crippen LogP contribution in [0.5, 0.6) is 0 Å². The van der Waals surface area contributed by atoms with Gasteiger partial charge in [-0.2, -0.15) is 5.26 Å². The van der Waals surface area contributed by atoms with Gasteiger partial charge in [-0.1, -0.05) is 0 Å². The maximum absolute atomic E-state index is 8.62. The molecule has 0 aliphatic carbocycles. The molecule has 15 heavy (non-hydrogen) atoms. The molecule has 88 valence electrons. The van der Waals surface area contributed by atoms with E-state index in [4.69, 9.17) is 25.2 Å². The van der Waals surface area contributed by atoms with E-state index in [0.29, 0.717) is 39.5 Å². The highest BCUT2D eigenvalue weighted by Gasteiger charge is 2.16. The Bertz CT molecular complexity index is 190. The van der Waals surface area contributed by atoms with Crippen molar-refractivity contribution in [2.45, 2.75) is 18.9 Å². The second-order valence-corrected chi connectivity index (χ2v) is 3.50. The Morgan fingerprint density at radius 1 is 1.13 bits per heavy atom. The predicted molar refractivity (Wildman–Crippen MR) is 56.3 cm³/mol. The number of nitrogens with zero attached hydrogens (tertiary/aromatic N) is 1. The Morgan fingerprint density at radius 3 is 2.20 bits per heavy atom. The van der Waals surface area contributed by atoms with E-state index in [-0.39, 0.29) is 0 Å². The van der Waals surface area contributed by atoms with E-state index in [0.717, 1.165) is 0 Å². The Balaban J connectivity index is 3.16. The number of nitrogens with two attached hydrogens (primary N) is 1. The van der Waals surface area contributed by atoms with Crippen LogP contribution in [0, 0.1) is 11.3 Å². The molecule has 0 bridgehead atoms. The molecule has 0 rings (SSSR count). The van der Waals surface area contributed by atoms with Crippen LogP contribution in [-0.4, -0.2) is 45.7 Å². The summed E-state index contributed by atoms with van der Waals surface area (Å²) >= 11 is 0. The second-order valence-electron chi connectivity index (χ2n) is 3.50. The summed E-state index contributed by atoms with van der Waals surface area (Å²) < 4.78 is 15.3. The van der Waals surface area contributed by atoms with Crippen molar-refractivity contribution < 1.29 is 14.2 Å². The van der Waals surface area contributed by atoms with Crippen LogP contribution in [0.15, 0.2) is 0 Å². The molecule has 1 unspecified atom stereocenters. The zero-order chi connectivity index (χ0) is 11.6. The molecule has 5 nitrogen and oxygen atoms in total. The van der Waals surface area contributed by atoms with Gasteiger partial charge >= 0.3 is 0 Å². The van der Waals surface area contributed by atoms with Crippen molar-refractivity contribution in [2.75, 3.05) is 40.1 Å². The highest BCUT2D eigenvalue weighted by atomic mass is 16.5. The van der Waals surface area contributed by atoms with Crippen LogP contribution in [0.2, 0.25) is 0 Å². The van der Waals surface area contributed by atoms with Crippen LogP contribution in [0.3, 0.4) is 0 Å². The third kappa shape index (κ3) is 9.63. The number of nitriles is 1. The van der Waals surface area contributed by atoms with Crippen LogP contribution in [0.25, 0.3) is 0 Å². The van der Waals surface area contributed by atoms with Gasteiger partial charge in [-0.3, -0.25) is 0 Å². The van der Waals surface area contributed by atoms with E-state index in [9.17, 15) is 0 Å². The SMILES string of the molecule is COCCOCCOCCC(C)(N)C#N. The average Bonchev–Trinajstić information content (AvgIpc) is 2.22. The molecule has 0 heterocycles. The monoisotopic (exact) mass is 216 g/mol. The van der Waals surface area contributed by atoms with Gasteiger partial charge < -0.3 is 19.9 Å². The largest absolute Gasteiger partial charge is 0.382 e. The normalized spacial score (nSPS) is 14.5. The number of methoxy groups -OCH3 is 1. The minimum absolute atomic E-state index is 0.480. The predicted octanol–water partition coefficient (Wildman–Crippen LogP) is 0.297. The molecular formula is C10H20N2O3. The molecule has 0 fully saturated rings. The summed E-state index contributed by atoms with van der Waals surface area (Å²) in [6, 6.07) is 2.01. The third-order valence-electron chi connectivity index (χ3n) is 1.82. The van der Waals surface area contributed by atoms with Crippen molar-refractivity contribution in [3.8, 4) is 6.07 Å². The molecule has 0 spiro atoms. The molecule has 0 radical (unpaired) electrons. The first-order valence-electron chi connectivity index (χ1n) is 4.97. The molecule has 0 aliphatic heterocycles. The van der Waals surface area contributed by atoms with Gasteiger partial charge in [0.1, 0.15) is 5.54 Å². The summed E-state index contributed by atoms with van der Waals surface area (Å²) in [5.41, 5.74) is 4.81. The fourth-order valence-electron chi connectivity index (χ4n) is 0.804. The summed E-state index contributed by atoms with van der Waals surface area (Å²) in [4.78, 5) is 0. The first-order valence-corrected chi connectivity index (χ1v) is 4.97. The summed E-state index contributed by atoms with van der Waals surface area (Å²) in [7, 11) is 1.63. The fourth-order valence-corrected chi connectivity index (χ4v) is 0.804. The molecule has 1 atom stereocenters. The first-order chi connectivity index (χ1) is 7.12. The number of hydrogen-bond acceptors (Lipinski definition) is 5. The Morgan fingerprint density at radius 2 is 1.67 bits per heavy atom. The van der Waals surface area contributed by atoms with Gasteiger partial charge in [0.25, 0.3) is 0 Å². The van der Waals surface area contributed by atoms with E-state index in [2.05, 4.69) is 0 Å². The zero-order valence-corrected chi connectivity index (χ0v) is 9.49. The number of hydrogen-bond donors (Lipinski definition) is 1. The van der Waals surface area contributed by atoms with Crippen LogP contribution in [0.1, 0.15) is 13.3 Å². The van der Waals surface area contributed by atoms with E-state index in [1.165, 1.54) is 0 Å². The second kappa shape index (κ2) is 8.62. The lowest BCUT2D eigenvalue weighted by Gasteiger charge is -2.14. The average molecular weight is 216 g/mol. The summed E-state index contributed by atoms with van der Waals surface area (Å²) in [6.45, 7) is 4.39. The minimum Gasteiger partial charge on any atom is -0.382 e. The summed E-state index contributed by atoms with van der Waals surface area (Å²) in [6.07, 6.45) is 0.529. The van der Waals surface area contributed by atoms with Crippen molar-refractivity contribution >= 4 is 0 Å². The van der Waals surface area contributed by atoms with Crippen LogP contribution < -0.4 is 5.73 Å². The number of ether oxygens (including phenoxy) is 3. The lowest BCUT2D eigenvalue weighted by Crippen LogP contribution is -2.35. The standard InChI is InChI=1S/C10H20N2O3/c1-10(12,9-11)3-4-14-7-8-15-6-5-13-2/h3-8,12H2,1-2H3. The van der Waals surface area contributed by atoms with Crippen LogP contribution in [-0.2, 0) is 14.2 Å². The van der Waals surface area contributed by atoms with Crippen molar-refractivity contribution in [2.24, 2.45) is 5.73 Å². The Kier molecular flexibility index (Phi) is 8.24. The molecule has 0 amide bonds. The third-order valence-corrected chi connectivity index (χ3v) is 1.82. The van der Waals surface area contributed by atoms with Crippen LogP contribution in [0.4, 0.5) is 0 Å². The van der Waals surface area contributed by atoms with Gasteiger partial charge in [0, 0.05) is 20.1 Å². The summed E-state index contributed by atoms with van der Waals surface area (Å²) in [5, 5.41) is 8.62. The first kappa shape index (κ1) is 14.3. The maximum atomic E-state index is 8.62. The van der Waals surface area contributed by atoms with E-state index in [1.807, 2.05) is 6.07 Å². The number of rotatable bonds is 9. The maximum Gasteiger partial charge on any atom is 0.103 e. The fraction of sp³-hybridized carbons (Fsp3) is 0.900. The van der Waals surface area contributed by atoms with Gasteiger partial charge in [0.05, 0.1) is 32.5 Å². The van der Waals surface area contributed by atoms with Crippen molar-refractivity contribution in [1.29, 1.82) is 5.26 Å².